The van der Waals surface area contributed by atoms with Crippen LogP contribution < -0.4 is 4.90 Å². The first-order chi connectivity index (χ1) is 9.41. The zero-order valence-electron chi connectivity index (χ0n) is 13.3. The van der Waals surface area contributed by atoms with Crippen LogP contribution in [0.2, 0.25) is 0 Å². The molecule has 0 bridgehead atoms. The van der Waals surface area contributed by atoms with Gasteiger partial charge in [-0.15, -0.1) is 0 Å². The fraction of sp³-hybridized carbons (Fsp3) is 0.500. The number of esters is 1. The predicted molar refractivity (Wildman–Crippen MR) is 81.9 cm³/mol. The minimum absolute atomic E-state index is 0.0644. The Morgan fingerprint density at radius 2 is 1.70 bits per heavy atom. The highest BCUT2D eigenvalue weighted by molar-refractivity contribution is 5.91. The molecule has 0 aromatic heterocycles. The molecule has 0 aliphatic heterocycles. The van der Waals surface area contributed by atoms with Gasteiger partial charge in [-0.25, -0.2) is 0 Å². The average Bonchev–Trinajstić information content (AvgIpc) is 2.40. The lowest BCUT2D eigenvalue weighted by atomic mass is 10.1. The van der Waals surface area contributed by atoms with Crippen molar-refractivity contribution >= 4 is 17.6 Å². The lowest BCUT2D eigenvalue weighted by Gasteiger charge is -2.21. The molecule has 0 aliphatic carbocycles. The predicted octanol–water partition coefficient (Wildman–Crippen LogP) is 3.25. The maximum Gasteiger partial charge on any atom is 0.302 e. The molecule has 1 rings (SSSR count). The van der Waals surface area contributed by atoms with Gasteiger partial charge in [-0.05, 0) is 37.1 Å². The summed E-state index contributed by atoms with van der Waals surface area (Å²) < 4.78 is 4.87. The maximum atomic E-state index is 11.6. The molecule has 0 N–H and O–H groups in total. The van der Waals surface area contributed by atoms with Gasteiger partial charge in [0.1, 0.15) is 6.61 Å². The molecule has 4 nitrogen and oxygen atoms in total. The van der Waals surface area contributed by atoms with Crippen LogP contribution in [0.1, 0.15) is 38.8 Å². The summed E-state index contributed by atoms with van der Waals surface area (Å²) >= 11 is 0. The molecule has 0 aliphatic rings. The van der Waals surface area contributed by atoms with Crippen LogP contribution in [-0.2, 0) is 14.3 Å². The Balaban J connectivity index is 0.00000172. The normalized spacial score (nSPS) is 9.30. The van der Waals surface area contributed by atoms with Crippen LogP contribution in [0.3, 0.4) is 0 Å². The van der Waals surface area contributed by atoms with E-state index in [0.717, 1.165) is 11.3 Å². The Kier molecular flexibility index (Phi) is 8.29. The Labute approximate surface area is 121 Å². The zero-order chi connectivity index (χ0) is 15.7. The smallest absolute Gasteiger partial charge is 0.302 e. The Morgan fingerprint density at radius 1 is 1.10 bits per heavy atom. The van der Waals surface area contributed by atoms with Gasteiger partial charge in [-0.2, -0.15) is 0 Å². The number of ether oxygens (including phenoxy) is 1. The van der Waals surface area contributed by atoms with Crippen molar-refractivity contribution in [3.05, 3.63) is 29.3 Å². The van der Waals surface area contributed by atoms with E-state index in [1.54, 1.807) is 4.90 Å². The number of carbonyl (C=O) groups is 2. The number of rotatable bonds is 4. The van der Waals surface area contributed by atoms with Crippen molar-refractivity contribution < 1.29 is 14.3 Å². The van der Waals surface area contributed by atoms with Crippen molar-refractivity contribution in [2.75, 3.05) is 18.1 Å². The molecule has 0 saturated heterocycles. The van der Waals surface area contributed by atoms with E-state index in [2.05, 4.69) is 0 Å². The van der Waals surface area contributed by atoms with Crippen molar-refractivity contribution in [1.29, 1.82) is 0 Å². The quantitative estimate of drug-likeness (QED) is 0.795. The van der Waals surface area contributed by atoms with E-state index in [4.69, 9.17) is 4.74 Å². The standard InChI is InChI=1S/C14H19NO3.C2H6/c1-10-5-6-14(9-11(10)2)15(12(3)16)7-8-18-13(4)17;1-2/h5-6,9H,7-8H2,1-4H3;1-2H3. The van der Waals surface area contributed by atoms with Gasteiger partial charge in [0, 0.05) is 19.5 Å². The molecule has 1 aromatic rings. The van der Waals surface area contributed by atoms with Crippen LogP contribution in [0, 0.1) is 13.8 Å². The molecule has 0 unspecified atom stereocenters. The van der Waals surface area contributed by atoms with E-state index in [1.165, 1.54) is 19.4 Å². The monoisotopic (exact) mass is 279 g/mol. The molecule has 1 aromatic carbocycles. The van der Waals surface area contributed by atoms with E-state index < -0.39 is 0 Å². The van der Waals surface area contributed by atoms with Gasteiger partial charge in [0.25, 0.3) is 0 Å². The molecule has 1 amide bonds. The molecule has 0 spiro atoms. The summed E-state index contributed by atoms with van der Waals surface area (Å²) in [5.74, 6) is -0.399. The van der Waals surface area contributed by atoms with Gasteiger partial charge < -0.3 is 9.64 Å². The Hall–Kier alpha value is -1.84. The van der Waals surface area contributed by atoms with E-state index >= 15 is 0 Å². The van der Waals surface area contributed by atoms with Crippen molar-refractivity contribution in [2.24, 2.45) is 0 Å². The minimum Gasteiger partial charge on any atom is -0.464 e. The van der Waals surface area contributed by atoms with Crippen molar-refractivity contribution in [3.8, 4) is 0 Å². The summed E-state index contributed by atoms with van der Waals surface area (Å²) in [6.45, 7) is 11.5. The fourth-order valence-electron chi connectivity index (χ4n) is 1.64. The number of carbonyl (C=O) groups excluding carboxylic acids is 2. The lowest BCUT2D eigenvalue weighted by molar-refractivity contribution is -0.140. The van der Waals surface area contributed by atoms with Gasteiger partial charge in [-0.3, -0.25) is 9.59 Å². The number of hydrogen-bond donors (Lipinski definition) is 0. The summed E-state index contributed by atoms with van der Waals surface area (Å²) in [7, 11) is 0. The number of anilines is 1. The van der Waals surface area contributed by atoms with Crippen LogP contribution in [-0.4, -0.2) is 25.0 Å². The number of nitrogens with zero attached hydrogens (tertiary/aromatic N) is 1. The summed E-state index contributed by atoms with van der Waals surface area (Å²) in [4.78, 5) is 23.9. The topological polar surface area (TPSA) is 46.6 Å². The second-order valence-electron chi connectivity index (χ2n) is 4.28. The van der Waals surface area contributed by atoms with Crippen molar-refractivity contribution in [3.63, 3.8) is 0 Å². The van der Waals surface area contributed by atoms with E-state index in [1.807, 2.05) is 45.9 Å². The van der Waals surface area contributed by atoms with E-state index in [0.29, 0.717) is 6.54 Å². The molecule has 0 saturated carbocycles. The number of hydrogen-bond acceptors (Lipinski definition) is 3. The highest BCUT2D eigenvalue weighted by Gasteiger charge is 2.12. The third-order valence-corrected chi connectivity index (χ3v) is 2.80. The van der Waals surface area contributed by atoms with Crippen LogP contribution >= 0.6 is 0 Å². The van der Waals surface area contributed by atoms with Crippen LogP contribution in [0.25, 0.3) is 0 Å². The third-order valence-electron chi connectivity index (χ3n) is 2.80. The Morgan fingerprint density at radius 3 is 2.15 bits per heavy atom. The minimum atomic E-state index is -0.335. The first-order valence-electron chi connectivity index (χ1n) is 6.90. The molecule has 4 heteroatoms. The van der Waals surface area contributed by atoms with Gasteiger partial charge >= 0.3 is 5.97 Å². The molecule has 0 radical (unpaired) electrons. The Bertz CT molecular complexity index is 455. The van der Waals surface area contributed by atoms with E-state index in [-0.39, 0.29) is 18.5 Å². The molecular formula is C16H25NO3. The van der Waals surface area contributed by atoms with Gasteiger partial charge in [0.15, 0.2) is 0 Å². The van der Waals surface area contributed by atoms with Crippen LogP contribution in [0.5, 0.6) is 0 Å². The van der Waals surface area contributed by atoms with Gasteiger partial charge in [0.2, 0.25) is 5.91 Å². The summed E-state index contributed by atoms with van der Waals surface area (Å²) in [5.41, 5.74) is 3.14. The van der Waals surface area contributed by atoms with Crippen LogP contribution in [0.15, 0.2) is 18.2 Å². The van der Waals surface area contributed by atoms with Gasteiger partial charge in [-0.1, -0.05) is 19.9 Å². The average molecular weight is 279 g/mol. The molecule has 0 atom stereocenters. The summed E-state index contributed by atoms with van der Waals surface area (Å²) in [6.07, 6.45) is 0. The fourth-order valence-corrected chi connectivity index (χ4v) is 1.64. The van der Waals surface area contributed by atoms with Gasteiger partial charge in [0.05, 0.1) is 6.54 Å². The lowest BCUT2D eigenvalue weighted by Crippen LogP contribution is -2.32. The first kappa shape index (κ1) is 18.2. The van der Waals surface area contributed by atoms with E-state index in [9.17, 15) is 9.59 Å². The van der Waals surface area contributed by atoms with Crippen LogP contribution in [0.4, 0.5) is 5.69 Å². The second kappa shape index (κ2) is 9.13. The second-order valence-corrected chi connectivity index (χ2v) is 4.28. The highest BCUT2D eigenvalue weighted by atomic mass is 16.5. The SMILES string of the molecule is CC.CC(=O)OCCN(C(C)=O)c1ccc(C)c(C)c1. The summed E-state index contributed by atoms with van der Waals surface area (Å²) in [5, 5.41) is 0. The molecule has 20 heavy (non-hydrogen) atoms. The number of amides is 1. The largest absolute Gasteiger partial charge is 0.464 e. The molecule has 0 heterocycles. The molecular weight excluding hydrogens is 254 g/mol. The van der Waals surface area contributed by atoms with Crippen molar-refractivity contribution in [2.45, 2.75) is 41.5 Å². The molecule has 0 fully saturated rings. The van der Waals surface area contributed by atoms with Crippen molar-refractivity contribution in [1.82, 2.24) is 0 Å². The third kappa shape index (κ3) is 5.87. The summed E-state index contributed by atoms with van der Waals surface area (Å²) in [6, 6.07) is 5.84. The number of aryl methyl sites for hydroxylation is 2. The first-order valence-corrected chi connectivity index (χ1v) is 6.90. The maximum absolute atomic E-state index is 11.6. The number of benzene rings is 1. The molecule has 112 valence electrons. The zero-order valence-corrected chi connectivity index (χ0v) is 13.3. The highest BCUT2D eigenvalue weighted by Crippen LogP contribution is 2.18.